The molecule has 0 bridgehead atoms. The van der Waals surface area contributed by atoms with Crippen LogP contribution >= 0.6 is 0 Å². The highest BCUT2D eigenvalue weighted by Crippen LogP contribution is 2.32. The summed E-state index contributed by atoms with van der Waals surface area (Å²) in [5.41, 5.74) is 9.80. The molecule has 3 nitrogen and oxygen atoms in total. The van der Waals surface area contributed by atoms with Crippen LogP contribution < -0.4 is 5.73 Å². The van der Waals surface area contributed by atoms with Gasteiger partial charge in [-0.25, -0.2) is 9.37 Å². The summed E-state index contributed by atoms with van der Waals surface area (Å²) in [7, 11) is 0. The Morgan fingerprint density at radius 3 is 2.80 bits per heavy atom. The molecule has 2 unspecified atom stereocenters. The van der Waals surface area contributed by atoms with E-state index in [2.05, 4.69) is 18.4 Å². The van der Waals surface area contributed by atoms with Crippen LogP contribution in [0.1, 0.15) is 36.3 Å². The van der Waals surface area contributed by atoms with E-state index in [0.29, 0.717) is 11.5 Å². The monoisotopic (exact) mass is 273 g/mol. The zero-order valence-electron chi connectivity index (χ0n) is 12.2. The lowest BCUT2D eigenvalue weighted by Gasteiger charge is -2.26. The summed E-state index contributed by atoms with van der Waals surface area (Å²) in [6.07, 6.45) is 0.971. The Labute approximate surface area is 118 Å². The first-order valence-electron chi connectivity index (χ1n) is 7.06. The molecule has 2 aromatic rings. The molecule has 0 radical (unpaired) electrons. The van der Waals surface area contributed by atoms with Crippen LogP contribution in [0.5, 0.6) is 0 Å². The SMILES string of the molecule is Cc1cc(-c2nc3n(c2C)CC(N)CC3C)ccc1F. The standard InChI is InChI=1S/C16H20FN3/c1-9-6-12(4-5-14(9)17)15-11(3)20-8-13(18)7-10(2)16(20)19-15/h4-6,10,13H,7-8,18H2,1-3H3. The number of halogens is 1. The normalized spacial score (nSPS) is 21.9. The molecule has 1 aromatic heterocycles. The van der Waals surface area contributed by atoms with Crippen LogP contribution in [-0.4, -0.2) is 15.6 Å². The van der Waals surface area contributed by atoms with Gasteiger partial charge >= 0.3 is 0 Å². The van der Waals surface area contributed by atoms with E-state index < -0.39 is 0 Å². The van der Waals surface area contributed by atoms with Crippen LogP contribution in [-0.2, 0) is 6.54 Å². The Kier molecular flexibility index (Phi) is 3.13. The first-order valence-corrected chi connectivity index (χ1v) is 7.06. The molecule has 0 amide bonds. The highest BCUT2D eigenvalue weighted by Gasteiger charge is 2.26. The van der Waals surface area contributed by atoms with E-state index in [1.54, 1.807) is 13.0 Å². The predicted molar refractivity (Wildman–Crippen MR) is 78.1 cm³/mol. The van der Waals surface area contributed by atoms with E-state index in [0.717, 1.165) is 35.7 Å². The molecule has 2 N–H and O–H groups in total. The second kappa shape index (κ2) is 4.70. The van der Waals surface area contributed by atoms with Gasteiger partial charge in [-0.3, -0.25) is 0 Å². The molecular formula is C16H20FN3. The predicted octanol–water partition coefficient (Wildman–Crippen LogP) is 3.14. The smallest absolute Gasteiger partial charge is 0.126 e. The van der Waals surface area contributed by atoms with Crippen LogP contribution in [0.2, 0.25) is 0 Å². The fourth-order valence-corrected chi connectivity index (χ4v) is 3.10. The summed E-state index contributed by atoms with van der Waals surface area (Å²) in [5, 5.41) is 0. The van der Waals surface area contributed by atoms with Gasteiger partial charge in [0.25, 0.3) is 0 Å². The van der Waals surface area contributed by atoms with Crippen molar-refractivity contribution in [2.75, 3.05) is 0 Å². The molecule has 0 aliphatic carbocycles. The highest BCUT2D eigenvalue weighted by atomic mass is 19.1. The van der Waals surface area contributed by atoms with Gasteiger partial charge in [-0.15, -0.1) is 0 Å². The molecule has 1 aromatic carbocycles. The summed E-state index contributed by atoms with van der Waals surface area (Å²) >= 11 is 0. The molecule has 0 saturated heterocycles. The Bertz CT molecular complexity index is 660. The largest absolute Gasteiger partial charge is 0.330 e. The van der Waals surface area contributed by atoms with Crippen LogP contribution in [0.4, 0.5) is 4.39 Å². The second-order valence-corrected chi connectivity index (χ2v) is 5.88. The summed E-state index contributed by atoms with van der Waals surface area (Å²) in [6, 6.07) is 5.36. The number of rotatable bonds is 1. The molecule has 106 valence electrons. The molecule has 4 heteroatoms. The summed E-state index contributed by atoms with van der Waals surface area (Å²) in [5.74, 6) is 1.29. The first kappa shape index (κ1) is 13.3. The zero-order chi connectivity index (χ0) is 14.4. The minimum atomic E-state index is -0.175. The maximum Gasteiger partial charge on any atom is 0.126 e. The van der Waals surface area contributed by atoms with E-state index in [4.69, 9.17) is 10.7 Å². The average molecular weight is 273 g/mol. The number of nitrogens with zero attached hydrogens (tertiary/aromatic N) is 2. The lowest BCUT2D eigenvalue weighted by Crippen LogP contribution is -2.34. The number of aryl methyl sites for hydroxylation is 1. The van der Waals surface area contributed by atoms with Crippen molar-refractivity contribution >= 4 is 0 Å². The van der Waals surface area contributed by atoms with E-state index in [1.165, 1.54) is 6.07 Å². The summed E-state index contributed by atoms with van der Waals surface area (Å²) in [6.45, 7) is 6.83. The van der Waals surface area contributed by atoms with Gasteiger partial charge in [0.05, 0.1) is 5.69 Å². The topological polar surface area (TPSA) is 43.8 Å². The number of hydrogen-bond donors (Lipinski definition) is 1. The zero-order valence-corrected chi connectivity index (χ0v) is 12.2. The van der Waals surface area contributed by atoms with Gasteiger partial charge in [-0.1, -0.05) is 6.92 Å². The van der Waals surface area contributed by atoms with Crippen molar-refractivity contribution in [3.05, 3.63) is 41.1 Å². The Morgan fingerprint density at radius 2 is 2.10 bits per heavy atom. The van der Waals surface area contributed by atoms with Crippen molar-refractivity contribution < 1.29 is 4.39 Å². The van der Waals surface area contributed by atoms with Crippen molar-refractivity contribution in [2.24, 2.45) is 5.73 Å². The third-order valence-corrected chi connectivity index (χ3v) is 4.20. The van der Waals surface area contributed by atoms with Crippen molar-refractivity contribution in [1.82, 2.24) is 9.55 Å². The number of aromatic nitrogens is 2. The van der Waals surface area contributed by atoms with Gasteiger partial charge in [-0.05, 0) is 44.0 Å². The first-order chi connectivity index (χ1) is 9.47. The highest BCUT2D eigenvalue weighted by molar-refractivity contribution is 5.63. The van der Waals surface area contributed by atoms with Crippen LogP contribution in [0.25, 0.3) is 11.3 Å². The molecule has 1 aliphatic rings. The van der Waals surface area contributed by atoms with Gasteiger partial charge in [0, 0.05) is 29.8 Å². The average Bonchev–Trinajstić information content (AvgIpc) is 2.71. The Balaban J connectivity index is 2.11. The van der Waals surface area contributed by atoms with Crippen molar-refractivity contribution in [3.8, 4) is 11.3 Å². The van der Waals surface area contributed by atoms with Crippen LogP contribution in [0, 0.1) is 19.7 Å². The number of fused-ring (bicyclic) bond motifs is 1. The number of benzene rings is 1. The molecule has 0 fully saturated rings. The Hall–Kier alpha value is -1.68. The van der Waals surface area contributed by atoms with E-state index >= 15 is 0 Å². The minimum absolute atomic E-state index is 0.175. The third kappa shape index (κ3) is 2.04. The van der Waals surface area contributed by atoms with Crippen molar-refractivity contribution in [1.29, 1.82) is 0 Å². The lowest BCUT2D eigenvalue weighted by molar-refractivity contribution is 0.403. The summed E-state index contributed by atoms with van der Waals surface area (Å²) < 4.78 is 15.6. The van der Waals surface area contributed by atoms with Gasteiger partial charge in [-0.2, -0.15) is 0 Å². The minimum Gasteiger partial charge on any atom is -0.330 e. The molecule has 0 spiro atoms. The fraction of sp³-hybridized carbons (Fsp3) is 0.438. The maximum atomic E-state index is 13.4. The molecule has 20 heavy (non-hydrogen) atoms. The quantitative estimate of drug-likeness (QED) is 0.867. The van der Waals surface area contributed by atoms with E-state index in [1.807, 2.05) is 6.07 Å². The molecule has 3 rings (SSSR count). The van der Waals surface area contributed by atoms with Gasteiger partial charge in [0.2, 0.25) is 0 Å². The van der Waals surface area contributed by atoms with Crippen LogP contribution in [0.15, 0.2) is 18.2 Å². The van der Waals surface area contributed by atoms with Crippen LogP contribution in [0.3, 0.4) is 0 Å². The molecule has 0 saturated carbocycles. The molecular weight excluding hydrogens is 253 g/mol. The maximum absolute atomic E-state index is 13.4. The lowest BCUT2D eigenvalue weighted by atomic mass is 9.98. The molecule has 1 aliphatic heterocycles. The van der Waals surface area contributed by atoms with Gasteiger partial charge in [0.15, 0.2) is 0 Å². The van der Waals surface area contributed by atoms with Gasteiger partial charge < -0.3 is 10.3 Å². The fourth-order valence-electron chi connectivity index (χ4n) is 3.10. The summed E-state index contributed by atoms with van der Waals surface area (Å²) in [4.78, 5) is 4.79. The third-order valence-electron chi connectivity index (χ3n) is 4.20. The number of imidazole rings is 1. The number of hydrogen-bond acceptors (Lipinski definition) is 2. The molecule has 2 atom stereocenters. The molecule has 2 heterocycles. The van der Waals surface area contributed by atoms with E-state index in [-0.39, 0.29) is 11.9 Å². The van der Waals surface area contributed by atoms with Crippen molar-refractivity contribution in [3.63, 3.8) is 0 Å². The second-order valence-electron chi connectivity index (χ2n) is 5.88. The van der Waals surface area contributed by atoms with Crippen molar-refractivity contribution in [2.45, 2.75) is 45.7 Å². The van der Waals surface area contributed by atoms with E-state index in [9.17, 15) is 4.39 Å². The Morgan fingerprint density at radius 1 is 1.35 bits per heavy atom. The van der Waals surface area contributed by atoms with Gasteiger partial charge in [0.1, 0.15) is 11.6 Å². The number of nitrogens with two attached hydrogens (primary N) is 1.